The lowest BCUT2D eigenvalue weighted by Gasteiger charge is -2.43. The number of hydrogen-bond donors (Lipinski definition) is 0. The van der Waals surface area contributed by atoms with E-state index in [2.05, 4.69) is 9.88 Å². The third-order valence-electron chi connectivity index (χ3n) is 4.69. The second-order valence-electron chi connectivity index (χ2n) is 6.88. The molecule has 1 aromatic heterocycles. The van der Waals surface area contributed by atoms with E-state index in [0.717, 1.165) is 38.4 Å². The molecule has 3 heterocycles. The lowest BCUT2D eigenvalue weighted by Crippen LogP contribution is -2.54. The van der Waals surface area contributed by atoms with E-state index < -0.39 is 0 Å². The van der Waals surface area contributed by atoms with Crippen LogP contribution in [0, 0.1) is 0 Å². The summed E-state index contributed by atoms with van der Waals surface area (Å²) < 4.78 is 11.6. The minimum Gasteiger partial charge on any atom is -0.379 e. The molecular weight excluding hydrogens is 320 g/mol. The molecule has 2 atom stereocenters. The Morgan fingerprint density at radius 1 is 1.28 bits per heavy atom. The van der Waals surface area contributed by atoms with Gasteiger partial charge in [0.15, 0.2) is 0 Å². The second-order valence-corrected chi connectivity index (χ2v) is 6.88. The van der Waals surface area contributed by atoms with Crippen molar-refractivity contribution in [3.05, 3.63) is 30.1 Å². The van der Waals surface area contributed by atoms with Crippen molar-refractivity contribution in [1.82, 2.24) is 19.7 Å². The summed E-state index contributed by atoms with van der Waals surface area (Å²) in [7, 11) is 3.84. The van der Waals surface area contributed by atoms with E-state index in [1.807, 2.05) is 42.2 Å². The molecular formula is C18H28N4O3. The molecule has 2 aliphatic heterocycles. The Labute approximate surface area is 149 Å². The zero-order valence-corrected chi connectivity index (χ0v) is 15.1. The number of pyridine rings is 1. The summed E-state index contributed by atoms with van der Waals surface area (Å²) in [5, 5.41) is 0. The molecule has 1 amide bonds. The first-order valence-electron chi connectivity index (χ1n) is 8.91. The summed E-state index contributed by atoms with van der Waals surface area (Å²) >= 11 is 0. The van der Waals surface area contributed by atoms with Gasteiger partial charge in [-0.15, -0.1) is 0 Å². The maximum absolute atomic E-state index is 12.8. The second kappa shape index (κ2) is 8.71. The van der Waals surface area contributed by atoms with Crippen molar-refractivity contribution in [1.29, 1.82) is 0 Å². The van der Waals surface area contributed by atoms with Crippen molar-refractivity contribution >= 4 is 5.91 Å². The van der Waals surface area contributed by atoms with E-state index >= 15 is 0 Å². The minimum atomic E-state index is -0.0993. The summed E-state index contributed by atoms with van der Waals surface area (Å²) in [6, 6.07) is 3.86. The first-order valence-corrected chi connectivity index (χ1v) is 8.91. The van der Waals surface area contributed by atoms with Crippen LogP contribution in [0.1, 0.15) is 11.6 Å². The van der Waals surface area contributed by atoms with Crippen LogP contribution in [0.5, 0.6) is 0 Å². The number of aromatic nitrogens is 1. The van der Waals surface area contributed by atoms with Gasteiger partial charge in [-0.3, -0.25) is 14.7 Å². The molecule has 0 N–H and O–H groups in total. The molecule has 0 radical (unpaired) electrons. The van der Waals surface area contributed by atoms with Gasteiger partial charge in [0.05, 0.1) is 38.5 Å². The number of likely N-dealkylation sites (N-methyl/N-ethyl adjacent to an activating group) is 1. The van der Waals surface area contributed by atoms with Gasteiger partial charge in [-0.1, -0.05) is 6.07 Å². The van der Waals surface area contributed by atoms with Crippen LogP contribution in [0.3, 0.4) is 0 Å². The van der Waals surface area contributed by atoms with E-state index in [-0.39, 0.29) is 18.1 Å². The fourth-order valence-corrected chi connectivity index (χ4v) is 3.51. The first-order chi connectivity index (χ1) is 12.1. The van der Waals surface area contributed by atoms with Crippen LogP contribution in [0.2, 0.25) is 0 Å². The van der Waals surface area contributed by atoms with Crippen molar-refractivity contribution in [2.45, 2.75) is 12.1 Å². The molecule has 2 saturated heterocycles. The Kier molecular flexibility index (Phi) is 6.36. The number of hydrogen-bond acceptors (Lipinski definition) is 6. The predicted molar refractivity (Wildman–Crippen MR) is 94.2 cm³/mol. The summed E-state index contributed by atoms with van der Waals surface area (Å²) in [6.45, 7) is 5.73. The summed E-state index contributed by atoms with van der Waals surface area (Å²) in [5.41, 5.74) is 1.03. The van der Waals surface area contributed by atoms with Gasteiger partial charge in [0.1, 0.15) is 0 Å². The van der Waals surface area contributed by atoms with E-state index in [9.17, 15) is 4.79 Å². The molecule has 1 aromatic rings. The molecule has 0 bridgehead atoms. The molecule has 0 saturated carbocycles. The standard InChI is InChI=1S/C18H28N4O3/c1-20(2)14-17(23)22-8-11-25-16(13-21-6-9-24-10-7-21)18(22)15-4-3-5-19-12-15/h3-5,12,16,18H,6-11,13-14H2,1-2H3/t16-,18-/m0/s1. The van der Waals surface area contributed by atoms with E-state index in [1.165, 1.54) is 0 Å². The summed E-state index contributed by atoms with van der Waals surface area (Å²) in [4.78, 5) is 23.3. The maximum Gasteiger partial charge on any atom is 0.237 e. The van der Waals surface area contributed by atoms with E-state index in [1.54, 1.807) is 6.20 Å². The number of carbonyl (C=O) groups is 1. The van der Waals surface area contributed by atoms with Crippen molar-refractivity contribution in [2.75, 3.05) is 66.6 Å². The largest absolute Gasteiger partial charge is 0.379 e. The van der Waals surface area contributed by atoms with Gasteiger partial charge < -0.3 is 19.3 Å². The van der Waals surface area contributed by atoms with Gasteiger partial charge in [0.2, 0.25) is 5.91 Å². The normalized spacial score (nSPS) is 25.3. The third kappa shape index (κ3) is 4.76. The van der Waals surface area contributed by atoms with Crippen LogP contribution in [0.15, 0.2) is 24.5 Å². The smallest absolute Gasteiger partial charge is 0.237 e. The van der Waals surface area contributed by atoms with Crippen LogP contribution in [0.25, 0.3) is 0 Å². The lowest BCUT2D eigenvalue weighted by atomic mass is 9.98. The molecule has 7 nitrogen and oxygen atoms in total. The van der Waals surface area contributed by atoms with Gasteiger partial charge in [0, 0.05) is 38.6 Å². The van der Waals surface area contributed by atoms with E-state index in [4.69, 9.17) is 9.47 Å². The molecule has 2 aliphatic rings. The van der Waals surface area contributed by atoms with Crippen molar-refractivity contribution < 1.29 is 14.3 Å². The molecule has 0 aliphatic carbocycles. The van der Waals surface area contributed by atoms with Crippen LogP contribution < -0.4 is 0 Å². The maximum atomic E-state index is 12.8. The van der Waals surface area contributed by atoms with Crippen molar-refractivity contribution in [2.24, 2.45) is 0 Å². The van der Waals surface area contributed by atoms with Crippen LogP contribution >= 0.6 is 0 Å². The van der Waals surface area contributed by atoms with Crippen LogP contribution in [-0.4, -0.2) is 98.3 Å². The molecule has 3 rings (SSSR count). The number of rotatable bonds is 5. The van der Waals surface area contributed by atoms with Crippen molar-refractivity contribution in [3.63, 3.8) is 0 Å². The van der Waals surface area contributed by atoms with E-state index in [0.29, 0.717) is 19.7 Å². The monoisotopic (exact) mass is 348 g/mol. The highest BCUT2D eigenvalue weighted by atomic mass is 16.5. The van der Waals surface area contributed by atoms with Crippen LogP contribution in [0.4, 0.5) is 0 Å². The zero-order valence-electron chi connectivity index (χ0n) is 15.1. The molecule has 7 heteroatoms. The number of morpholine rings is 2. The fourth-order valence-electron chi connectivity index (χ4n) is 3.51. The van der Waals surface area contributed by atoms with Gasteiger partial charge >= 0.3 is 0 Å². The molecule has 2 fully saturated rings. The van der Waals surface area contributed by atoms with Gasteiger partial charge in [-0.25, -0.2) is 0 Å². The molecule has 25 heavy (non-hydrogen) atoms. The number of carbonyl (C=O) groups excluding carboxylic acids is 1. The predicted octanol–water partition coefficient (Wildman–Crippen LogP) is 0.244. The summed E-state index contributed by atoms with van der Waals surface area (Å²) in [5.74, 6) is 0.133. The molecule has 0 spiro atoms. The Bertz CT molecular complexity index is 549. The number of amides is 1. The number of nitrogens with zero attached hydrogens (tertiary/aromatic N) is 4. The Hall–Kier alpha value is -1.54. The topological polar surface area (TPSA) is 58.1 Å². The molecule has 0 aromatic carbocycles. The summed E-state index contributed by atoms with van der Waals surface area (Å²) in [6.07, 6.45) is 3.56. The Morgan fingerprint density at radius 2 is 2.08 bits per heavy atom. The van der Waals surface area contributed by atoms with Crippen LogP contribution in [-0.2, 0) is 14.3 Å². The Morgan fingerprint density at radius 3 is 2.76 bits per heavy atom. The van der Waals surface area contributed by atoms with Gasteiger partial charge in [-0.05, 0) is 25.7 Å². The minimum absolute atomic E-state index is 0.0536. The SMILES string of the molecule is CN(C)CC(=O)N1CCO[C@@H](CN2CCOCC2)[C@@H]1c1cccnc1. The highest BCUT2D eigenvalue weighted by Crippen LogP contribution is 2.30. The highest BCUT2D eigenvalue weighted by molar-refractivity contribution is 5.79. The van der Waals surface area contributed by atoms with Gasteiger partial charge in [-0.2, -0.15) is 0 Å². The van der Waals surface area contributed by atoms with Crippen molar-refractivity contribution in [3.8, 4) is 0 Å². The average Bonchev–Trinajstić information content (AvgIpc) is 2.62. The van der Waals surface area contributed by atoms with Gasteiger partial charge in [0.25, 0.3) is 0 Å². The Balaban J connectivity index is 1.80. The average molecular weight is 348 g/mol. The zero-order chi connectivity index (χ0) is 17.6. The quantitative estimate of drug-likeness (QED) is 0.760. The fraction of sp³-hybridized carbons (Fsp3) is 0.667. The molecule has 0 unspecified atom stereocenters. The number of ether oxygens (including phenoxy) is 2. The highest BCUT2D eigenvalue weighted by Gasteiger charge is 2.37. The first kappa shape index (κ1) is 18.3. The molecule has 138 valence electrons. The third-order valence-corrected chi connectivity index (χ3v) is 4.69. The lowest BCUT2D eigenvalue weighted by molar-refractivity contribution is -0.150.